The highest BCUT2D eigenvalue weighted by Gasteiger charge is 2.44. The first-order valence-corrected chi connectivity index (χ1v) is 6.01. The molecule has 0 aliphatic heterocycles. The van der Waals surface area contributed by atoms with Gasteiger partial charge in [-0.25, -0.2) is 0 Å². The van der Waals surface area contributed by atoms with Crippen LogP contribution in [0.5, 0.6) is 0 Å². The number of benzene rings is 1. The third-order valence-corrected chi connectivity index (χ3v) is 3.94. The number of nitrogens with zero attached hydrogens (tertiary/aromatic N) is 1. The molecule has 1 heterocycles. The Morgan fingerprint density at radius 1 is 1.31 bits per heavy atom. The molecule has 16 heavy (non-hydrogen) atoms. The molecule has 0 radical (unpaired) electrons. The Labute approximate surface area is 96.1 Å². The van der Waals surface area contributed by atoms with Crippen LogP contribution in [0.3, 0.4) is 0 Å². The van der Waals surface area contributed by atoms with E-state index < -0.39 is 0 Å². The van der Waals surface area contributed by atoms with Crippen LogP contribution in [0.1, 0.15) is 24.8 Å². The molecule has 1 aromatic carbocycles. The van der Waals surface area contributed by atoms with Gasteiger partial charge in [-0.3, -0.25) is 0 Å². The van der Waals surface area contributed by atoms with Crippen molar-refractivity contribution in [2.24, 2.45) is 12.8 Å². The summed E-state index contributed by atoms with van der Waals surface area (Å²) in [6.45, 7) is 0.795. The molecule has 1 aliphatic rings. The number of para-hydroxylation sites is 1. The van der Waals surface area contributed by atoms with Gasteiger partial charge < -0.3 is 10.3 Å². The molecule has 2 aromatic rings. The molecular weight excluding hydrogens is 196 g/mol. The molecular formula is C14H18N2. The molecule has 0 bridgehead atoms. The fourth-order valence-corrected chi connectivity index (χ4v) is 2.85. The Balaban J connectivity index is 2.17. The van der Waals surface area contributed by atoms with E-state index in [1.807, 2.05) is 0 Å². The summed E-state index contributed by atoms with van der Waals surface area (Å²) >= 11 is 0. The van der Waals surface area contributed by atoms with Crippen LogP contribution < -0.4 is 5.73 Å². The SMILES string of the molecule is Cn1cc(C2(CCN)CC2)c2ccccc21. The van der Waals surface area contributed by atoms with Gasteiger partial charge in [0.05, 0.1) is 0 Å². The summed E-state index contributed by atoms with van der Waals surface area (Å²) in [5.41, 5.74) is 8.98. The van der Waals surface area contributed by atoms with E-state index in [1.165, 1.54) is 29.3 Å². The molecule has 1 aromatic heterocycles. The summed E-state index contributed by atoms with van der Waals surface area (Å²) in [6.07, 6.45) is 6.03. The second kappa shape index (κ2) is 3.36. The standard InChI is InChI=1S/C14H18N2/c1-16-10-12(14(6-7-14)8-9-15)11-4-2-3-5-13(11)16/h2-5,10H,6-9,15H2,1H3. The summed E-state index contributed by atoms with van der Waals surface area (Å²) in [4.78, 5) is 0. The van der Waals surface area contributed by atoms with Crippen LogP contribution in [0.25, 0.3) is 10.9 Å². The predicted molar refractivity (Wildman–Crippen MR) is 67.5 cm³/mol. The van der Waals surface area contributed by atoms with E-state index >= 15 is 0 Å². The van der Waals surface area contributed by atoms with Crippen LogP contribution in [-0.4, -0.2) is 11.1 Å². The topological polar surface area (TPSA) is 30.9 Å². The van der Waals surface area contributed by atoms with E-state index in [0.29, 0.717) is 5.41 Å². The number of fused-ring (bicyclic) bond motifs is 1. The Hall–Kier alpha value is -1.28. The Bertz CT molecular complexity index is 521. The molecule has 0 saturated heterocycles. The quantitative estimate of drug-likeness (QED) is 0.836. The lowest BCUT2D eigenvalue weighted by Gasteiger charge is -2.12. The molecule has 0 spiro atoms. The first kappa shape index (κ1) is 9.91. The van der Waals surface area contributed by atoms with Crippen molar-refractivity contribution in [2.75, 3.05) is 6.54 Å². The van der Waals surface area contributed by atoms with E-state index in [2.05, 4.69) is 42.1 Å². The average Bonchev–Trinajstić information content (AvgIpc) is 2.99. The Morgan fingerprint density at radius 2 is 2.06 bits per heavy atom. The number of aromatic nitrogens is 1. The molecule has 3 rings (SSSR count). The van der Waals surface area contributed by atoms with Crippen molar-refractivity contribution in [1.82, 2.24) is 4.57 Å². The van der Waals surface area contributed by atoms with Gasteiger partial charge in [0.15, 0.2) is 0 Å². The van der Waals surface area contributed by atoms with Crippen LogP contribution in [0.15, 0.2) is 30.5 Å². The van der Waals surface area contributed by atoms with Crippen molar-refractivity contribution < 1.29 is 0 Å². The average molecular weight is 214 g/mol. The molecule has 2 heteroatoms. The zero-order valence-corrected chi connectivity index (χ0v) is 9.74. The lowest BCUT2D eigenvalue weighted by molar-refractivity contribution is 0.631. The van der Waals surface area contributed by atoms with E-state index in [0.717, 1.165) is 13.0 Å². The van der Waals surface area contributed by atoms with Gasteiger partial charge in [-0.2, -0.15) is 0 Å². The molecule has 2 nitrogen and oxygen atoms in total. The molecule has 84 valence electrons. The summed E-state index contributed by atoms with van der Waals surface area (Å²) in [7, 11) is 2.13. The maximum absolute atomic E-state index is 5.74. The van der Waals surface area contributed by atoms with Crippen molar-refractivity contribution in [3.05, 3.63) is 36.0 Å². The van der Waals surface area contributed by atoms with Crippen molar-refractivity contribution in [3.8, 4) is 0 Å². The van der Waals surface area contributed by atoms with E-state index in [4.69, 9.17) is 5.73 Å². The zero-order valence-electron chi connectivity index (χ0n) is 9.74. The molecule has 1 aliphatic carbocycles. The van der Waals surface area contributed by atoms with Crippen molar-refractivity contribution >= 4 is 10.9 Å². The van der Waals surface area contributed by atoms with E-state index in [1.54, 1.807) is 0 Å². The molecule has 0 amide bonds. The number of hydrogen-bond acceptors (Lipinski definition) is 1. The van der Waals surface area contributed by atoms with Crippen molar-refractivity contribution in [3.63, 3.8) is 0 Å². The summed E-state index contributed by atoms with van der Waals surface area (Å²) in [5, 5.41) is 1.41. The third kappa shape index (κ3) is 1.30. The Kier molecular flexibility index (Phi) is 2.08. The second-order valence-corrected chi connectivity index (χ2v) is 4.99. The minimum atomic E-state index is 0.398. The molecule has 1 saturated carbocycles. The second-order valence-electron chi connectivity index (χ2n) is 4.99. The van der Waals surface area contributed by atoms with Crippen LogP contribution in [0, 0.1) is 0 Å². The number of aryl methyl sites for hydroxylation is 1. The van der Waals surface area contributed by atoms with E-state index in [9.17, 15) is 0 Å². The predicted octanol–water partition coefficient (Wildman–Crippen LogP) is 2.56. The maximum Gasteiger partial charge on any atom is 0.0480 e. The lowest BCUT2D eigenvalue weighted by atomic mass is 9.92. The van der Waals surface area contributed by atoms with Crippen LogP contribution >= 0.6 is 0 Å². The number of nitrogens with two attached hydrogens (primary N) is 1. The largest absolute Gasteiger partial charge is 0.350 e. The number of rotatable bonds is 3. The normalized spacial score (nSPS) is 17.9. The summed E-state index contributed by atoms with van der Waals surface area (Å²) in [6, 6.07) is 8.66. The molecule has 1 fully saturated rings. The molecule has 2 N–H and O–H groups in total. The highest BCUT2D eigenvalue weighted by Crippen LogP contribution is 2.52. The highest BCUT2D eigenvalue weighted by molar-refractivity contribution is 5.85. The summed E-state index contributed by atoms with van der Waals surface area (Å²) in [5.74, 6) is 0. The van der Waals surface area contributed by atoms with Gasteiger partial charge >= 0.3 is 0 Å². The molecule has 0 atom stereocenters. The van der Waals surface area contributed by atoms with Crippen molar-refractivity contribution in [1.29, 1.82) is 0 Å². The third-order valence-electron chi connectivity index (χ3n) is 3.94. The van der Waals surface area contributed by atoms with E-state index in [-0.39, 0.29) is 0 Å². The smallest absolute Gasteiger partial charge is 0.0480 e. The van der Waals surface area contributed by atoms with Crippen LogP contribution in [-0.2, 0) is 12.5 Å². The zero-order chi connectivity index (χ0) is 11.2. The van der Waals surface area contributed by atoms with Gasteiger partial charge in [0, 0.05) is 24.1 Å². The fourth-order valence-electron chi connectivity index (χ4n) is 2.85. The van der Waals surface area contributed by atoms with Crippen molar-refractivity contribution in [2.45, 2.75) is 24.7 Å². The lowest BCUT2D eigenvalue weighted by Crippen LogP contribution is -2.13. The molecule has 0 unspecified atom stereocenters. The van der Waals surface area contributed by atoms with Gasteiger partial charge in [-0.1, -0.05) is 18.2 Å². The van der Waals surface area contributed by atoms with Gasteiger partial charge in [0.1, 0.15) is 0 Å². The van der Waals surface area contributed by atoms with Crippen LogP contribution in [0.4, 0.5) is 0 Å². The highest BCUT2D eigenvalue weighted by atomic mass is 14.9. The first-order valence-electron chi connectivity index (χ1n) is 6.01. The monoisotopic (exact) mass is 214 g/mol. The Morgan fingerprint density at radius 3 is 2.75 bits per heavy atom. The van der Waals surface area contributed by atoms with Gasteiger partial charge in [-0.05, 0) is 42.9 Å². The minimum absolute atomic E-state index is 0.398. The maximum atomic E-state index is 5.74. The van der Waals surface area contributed by atoms with Gasteiger partial charge in [0.25, 0.3) is 0 Å². The minimum Gasteiger partial charge on any atom is -0.350 e. The first-order chi connectivity index (χ1) is 7.77. The fraction of sp³-hybridized carbons (Fsp3) is 0.429. The number of hydrogen-bond donors (Lipinski definition) is 1. The van der Waals surface area contributed by atoms with Crippen LogP contribution in [0.2, 0.25) is 0 Å². The van der Waals surface area contributed by atoms with Gasteiger partial charge in [-0.15, -0.1) is 0 Å². The summed E-state index contributed by atoms with van der Waals surface area (Å²) < 4.78 is 2.24. The van der Waals surface area contributed by atoms with Gasteiger partial charge in [0.2, 0.25) is 0 Å².